The first-order valence-corrected chi connectivity index (χ1v) is 11.6. The van der Waals surface area contributed by atoms with E-state index in [2.05, 4.69) is 22.1 Å². The van der Waals surface area contributed by atoms with Crippen LogP contribution in [0.15, 0.2) is 36.5 Å². The van der Waals surface area contributed by atoms with Gasteiger partial charge in [-0.3, -0.25) is 4.79 Å². The minimum absolute atomic E-state index is 0.0987. The summed E-state index contributed by atoms with van der Waals surface area (Å²) >= 11 is 0. The van der Waals surface area contributed by atoms with Gasteiger partial charge in [-0.25, -0.2) is 14.2 Å². The molecule has 10 heteroatoms. The monoisotopic (exact) mass is 498 g/mol. The van der Waals surface area contributed by atoms with Crippen molar-refractivity contribution in [2.24, 2.45) is 5.92 Å². The molecule has 0 unspecified atom stereocenters. The number of aliphatic hydroxyl groups is 2. The highest BCUT2D eigenvalue weighted by molar-refractivity contribution is 5.97. The van der Waals surface area contributed by atoms with Gasteiger partial charge in [0.05, 0.1) is 19.2 Å². The molecule has 36 heavy (non-hydrogen) atoms. The predicted octanol–water partition coefficient (Wildman–Crippen LogP) is 2.34. The van der Waals surface area contributed by atoms with Gasteiger partial charge in [-0.05, 0) is 44.2 Å². The van der Waals surface area contributed by atoms with Gasteiger partial charge >= 0.3 is 6.03 Å². The number of carbonyl (C=O) groups excluding carboxylic acids is 2. The lowest BCUT2D eigenvalue weighted by molar-refractivity contribution is 0.0356. The first-order chi connectivity index (χ1) is 17.1. The summed E-state index contributed by atoms with van der Waals surface area (Å²) < 4.78 is 19.3. The zero-order valence-electron chi connectivity index (χ0n) is 20.7. The van der Waals surface area contributed by atoms with Gasteiger partial charge in [0.1, 0.15) is 23.6 Å². The van der Waals surface area contributed by atoms with Crippen LogP contribution in [0.5, 0.6) is 5.88 Å². The Morgan fingerprint density at radius 1 is 1.36 bits per heavy atom. The third kappa shape index (κ3) is 6.71. The Labute approximate surface area is 209 Å². The first-order valence-electron chi connectivity index (χ1n) is 11.6. The number of halogens is 1. The first kappa shape index (κ1) is 26.9. The Balaban J connectivity index is 1.87. The summed E-state index contributed by atoms with van der Waals surface area (Å²) in [4.78, 5) is 33.4. The smallest absolute Gasteiger partial charge is 0.321 e. The largest absolute Gasteiger partial charge is 0.472 e. The third-order valence-corrected chi connectivity index (χ3v) is 5.84. The van der Waals surface area contributed by atoms with Crippen molar-refractivity contribution < 1.29 is 28.9 Å². The minimum atomic E-state index is -0.841. The fourth-order valence-corrected chi connectivity index (χ4v) is 3.68. The minimum Gasteiger partial charge on any atom is -0.472 e. The number of aliphatic hydroxyl groups excluding tert-OH is 2. The number of hydrogen-bond donors (Lipinski definition) is 3. The van der Waals surface area contributed by atoms with Crippen molar-refractivity contribution in [2.45, 2.75) is 39.0 Å². The third-order valence-electron chi connectivity index (χ3n) is 5.84. The highest BCUT2D eigenvalue weighted by Gasteiger charge is 2.34. The average Bonchev–Trinajstić information content (AvgIpc) is 2.85. The van der Waals surface area contributed by atoms with Crippen molar-refractivity contribution in [3.05, 3.63) is 53.5 Å². The van der Waals surface area contributed by atoms with Crippen molar-refractivity contribution in [1.82, 2.24) is 14.8 Å². The number of fused-ring (bicyclic) bond motifs is 1. The van der Waals surface area contributed by atoms with Gasteiger partial charge in [0, 0.05) is 37.0 Å². The lowest BCUT2D eigenvalue weighted by Crippen LogP contribution is -2.50. The van der Waals surface area contributed by atoms with Crippen LogP contribution in [0.3, 0.4) is 0 Å². The second-order valence-corrected chi connectivity index (χ2v) is 8.96. The normalized spacial score (nSPS) is 19.0. The molecule has 3 N–H and O–H groups in total. The van der Waals surface area contributed by atoms with Crippen LogP contribution in [0.25, 0.3) is 0 Å². The molecule has 0 radical (unpaired) electrons. The van der Waals surface area contributed by atoms with E-state index in [-0.39, 0.29) is 43.0 Å². The molecule has 0 saturated carbocycles. The summed E-state index contributed by atoms with van der Waals surface area (Å²) in [5, 5.41) is 21.9. The Morgan fingerprint density at radius 2 is 2.06 bits per heavy atom. The zero-order chi connectivity index (χ0) is 26.4. The SMILES string of the molecule is C[C@@H]1CN([C@H](C)CO)C(=O)c2cc(C#C[C@@H](C)O)cnc2O[C@H]1CN(C)C(=O)Nc1ccc(F)cc1. The van der Waals surface area contributed by atoms with Crippen LogP contribution in [0.2, 0.25) is 0 Å². The Bertz CT molecular complexity index is 1150. The average molecular weight is 499 g/mol. The maximum Gasteiger partial charge on any atom is 0.321 e. The van der Waals surface area contributed by atoms with E-state index >= 15 is 0 Å². The Morgan fingerprint density at radius 3 is 2.69 bits per heavy atom. The molecular formula is C26H31FN4O5. The number of anilines is 1. The number of aromatic nitrogens is 1. The van der Waals surface area contributed by atoms with Crippen LogP contribution in [0.1, 0.15) is 36.7 Å². The molecular weight excluding hydrogens is 467 g/mol. The maximum atomic E-state index is 13.4. The van der Waals surface area contributed by atoms with Crippen molar-refractivity contribution >= 4 is 17.6 Å². The molecule has 1 aromatic carbocycles. The number of likely N-dealkylation sites (N-methyl/N-ethyl adjacent to an activating group) is 1. The number of carbonyl (C=O) groups is 2. The lowest BCUT2D eigenvalue weighted by atomic mass is 10.00. The summed E-state index contributed by atoms with van der Waals surface area (Å²) in [5.41, 5.74) is 1.07. The number of pyridine rings is 1. The second-order valence-electron chi connectivity index (χ2n) is 8.96. The number of benzene rings is 1. The molecule has 0 saturated heterocycles. The van der Waals surface area contributed by atoms with E-state index in [1.165, 1.54) is 42.3 Å². The van der Waals surface area contributed by atoms with E-state index in [0.29, 0.717) is 11.3 Å². The van der Waals surface area contributed by atoms with E-state index in [1.807, 2.05) is 6.92 Å². The fourth-order valence-electron chi connectivity index (χ4n) is 3.68. The molecule has 4 atom stereocenters. The van der Waals surface area contributed by atoms with Gasteiger partial charge < -0.3 is 30.1 Å². The molecule has 9 nitrogen and oxygen atoms in total. The van der Waals surface area contributed by atoms with Crippen molar-refractivity contribution in [3.8, 4) is 17.7 Å². The summed E-state index contributed by atoms with van der Waals surface area (Å²) in [6, 6.07) is 6.13. The summed E-state index contributed by atoms with van der Waals surface area (Å²) in [6.07, 6.45) is 0.0816. The molecule has 2 heterocycles. The predicted molar refractivity (Wildman–Crippen MR) is 132 cm³/mol. The van der Waals surface area contributed by atoms with Crippen molar-refractivity contribution in [2.75, 3.05) is 32.1 Å². The molecule has 3 amide bonds. The molecule has 1 aliphatic rings. The standard InChI is InChI=1S/C26H31FN4O5/c1-16-13-31(17(2)15-32)25(34)22-11-19(6-5-18(3)33)12-28-24(22)36-23(16)14-30(4)26(35)29-21-9-7-20(27)8-10-21/h7-12,16-18,23,32-33H,13-15H2,1-4H3,(H,29,35)/t16-,17-,18-,23+/m1/s1. The van der Waals surface area contributed by atoms with Crippen LogP contribution in [-0.2, 0) is 0 Å². The molecule has 192 valence electrons. The molecule has 2 aromatic rings. The zero-order valence-corrected chi connectivity index (χ0v) is 20.7. The fraction of sp³-hybridized carbons (Fsp3) is 0.423. The lowest BCUT2D eigenvalue weighted by Gasteiger charge is -2.37. The summed E-state index contributed by atoms with van der Waals surface area (Å²) in [5.74, 6) is 4.53. The highest BCUT2D eigenvalue weighted by Crippen LogP contribution is 2.27. The van der Waals surface area contributed by atoms with E-state index in [9.17, 15) is 24.2 Å². The number of nitrogens with one attached hydrogen (secondary N) is 1. The molecule has 1 aromatic heterocycles. The number of ether oxygens (including phenoxy) is 1. The van der Waals surface area contributed by atoms with E-state index in [1.54, 1.807) is 24.9 Å². The summed E-state index contributed by atoms with van der Waals surface area (Å²) in [6.45, 7) is 5.40. The van der Waals surface area contributed by atoms with Crippen molar-refractivity contribution in [1.29, 1.82) is 0 Å². The van der Waals surface area contributed by atoms with Gasteiger partial charge in [0.25, 0.3) is 5.91 Å². The number of urea groups is 1. The quantitative estimate of drug-likeness (QED) is 0.545. The van der Waals surface area contributed by atoms with E-state index < -0.39 is 30.1 Å². The highest BCUT2D eigenvalue weighted by atomic mass is 19.1. The molecule has 0 spiro atoms. The van der Waals surface area contributed by atoms with Crippen LogP contribution in [-0.4, -0.2) is 81.9 Å². The topological polar surface area (TPSA) is 115 Å². The Hall–Kier alpha value is -3.68. The van der Waals surface area contributed by atoms with Crippen molar-refractivity contribution in [3.63, 3.8) is 0 Å². The van der Waals surface area contributed by atoms with Crippen LogP contribution < -0.4 is 10.1 Å². The molecule has 0 bridgehead atoms. The van der Waals surface area contributed by atoms with E-state index in [4.69, 9.17) is 4.74 Å². The molecule has 0 aliphatic carbocycles. The Kier molecular flexibility index (Phi) is 8.85. The van der Waals surface area contributed by atoms with Gasteiger partial charge in [0.15, 0.2) is 0 Å². The number of amides is 3. The molecule has 1 aliphatic heterocycles. The van der Waals surface area contributed by atoms with Gasteiger partial charge in [-0.15, -0.1) is 0 Å². The number of hydrogen-bond acceptors (Lipinski definition) is 6. The van der Waals surface area contributed by atoms with Crippen LogP contribution in [0.4, 0.5) is 14.9 Å². The second kappa shape index (κ2) is 11.8. The molecule has 0 fully saturated rings. The molecule has 3 rings (SSSR count). The van der Waals surface area contributed by atoms with E-state index in [0.717, 1.165) is 0 Å². The summed E-state index contributed by atoms with van der Waals surface area (Å²) in [7, 11) is 1.61. The van der Waals surface area contributed by atoms with Gasteiger partial charge in [0.2, 0.25) is 5.88 Å². The van der Waals surface area contributed by atoms with Crippen LogP contribution in [0, 0.1) is 23.6 Å². The number of rotatable bonds is 5. The number of nitrogens with zero attached hydrogens (tertiary/aromatic N) is 3. The van der Waals surface area contributed by atoms with Gasteiger partial charge in [-0.2, -0.15) is 0 Å². The van der Waals surface area contributed by atoms with Crippen LogP contribution >= 0.6 is 0 Å². The van der Waals surface area contributed by atoms with Gasteiger partial charge in [-0.1, -0.05) is 18.8 Å². The maximum absolute atomic E-state index is 13.4.